The highest BCUT2D eigenvalue weighted by Gasteiger charge is 2.23. The Balaban J connectivity index is 1.51. The van der Waals surface area contributed by atoms with E-state index in [1.165, 1.54) is 0 Å². The Bertz CT molecular complexity index is 1470. The molecule has 3 N–H and O–H groups in total. The molecule has 0 aliphatic carbocycles. The van der Waals surface area contributed by atoms with E-state index in [9.17, 15) is 9.59 Å². The summed E-state index contributed by atoms with van der Waals surface area (Å²) in [4.78, 5) is 24.7. The Hall–Kier alpha value is -3.46. The van der Waals surface area contributed by atoms with Gasteiger partial charge in [0.25, 0.3) is 0 Å². The van der Waals surface area contributed by atoms with Gasteiger partial charge in [-0.25, -0.2) is 4.68 Å². The summed E-state index contributed by atoms with van der Waals surface area (Å²) < 4.78 is 8.07. The molecule has 10 heteroatoms. The highest BCUT2D eigenvalue weighted by atomic mass is 35.5. The lowest BCUT2D eigenvalue weighted by atomic mass is 10.1. The number of hydrogen-bond acceptors (Lipinski definition) is 5. The van der Waals surface area contributed by atoms with Crippen LogP contribution in [0, 0.1) is 0 Å². The smallest absolute Gasteiger partial charge is 0.240 e. The summed E-state index contributed by atoms with van der Waals surface area (Å²) in [6.07, 6.45) is 3.73. The van der Waals surface area contributed by atoms with Gasteiger partial charge < -0.3 is 15.8 Å². The van der Waals surface area contributed by atoms with Crippen molar-refractivity contribution in [2.24, 2.45) is 5.73 Å². The largest absolute Gasteiger partial charge is 0.477 e. The van der Waals surface area contributed by atoms with Gasteiger partial charge in [0.15, 0.2) is 0 Å². The van der Waals surface area contributed by atoms with Gasteiger partial charge in [-0.15, -0.1) is 0 Å². The van der Waals surface area contributed by atoms with E-state index < -0.39 is 11.9 Å². The molecule has 0 saturated heterocycles. The van der Waals surface area contributed by atoms with Crippen LogP contribution in [-0.2, 0) is 22.4 Å². The lowest BCUT2D eigenvalue weighted by Gasteiger charge is -2.16. The van der Waals surface area contributed by atoms with Crippen LogP contribution < -0.4 is 15.8 Å². The molecule has 0 saturated carbocycles. The van der Waals surface area contributed by atoms with Crippen molar-refractivity contribution in [1.82, 2.24) is 15.1 Å². The van der Waals surface area contributed by atoms with Crippen LogP contribution in [0.2, 0.25) is 10.0 Å². The molecular weight excluding hydrogens is 579 g/mol. The standard InChI is InChI=1S/C31H32Cl2N4O3S/c1-41-18-16-24-29(22-11-6-3-7-12-22)36-37(23-14-15-25(32)26(33)20-23)31(24)40-17-8-13-28(38)35-27(30(34)39)19-21-9-4-2-5-10-21/h2-7,9-12,14-15,20,27H,8,13,16-19H2,1H3,(H2,34,39)(H,35,38)/t27-/m0/s1. The maximum Gasteiger partial charge on any atom is 0.240 e. The molecule has 0 radical (unpaired) electrons. The molecule has 3 aromatic carbocycles. The van der Waals surface area contributed by atoms with Crippen molar-refractivity contribution in [2.45, 2.75) is 31.7 Å². The van der Waals surface area contributed by atoms with Crippen LogP contribution >= 0.6 is 35.0 Å². The van der Waals surface area contributed by atoms with Crippen LogP contribution in [-0.4, -0.2) is 46.3 Å². The number of thioether (sulfide) groups is 1. The van der Waals surface area contributed by atoms with Gasteiger partial charge in [-0.05, 0) is 48.6 Å². The van der Waals surface area contributed by atoms with Crippen LogP contribution in [0.3, 0.4) is 0 Å². The second-order valence-corrected chi connectivity index (χ2v) is 11.2. The third-order valence-electron chi connectivity index (χ3n) is 6.44. The Morgan fingerprint density at radius 1 is 1.02 bits per heavy atom. The average molecular weight is 612 g/mol. The quantitative estimate of drug-likeness (QED) is 0.167. The monoisotopic (exact) mass is 610 g/mol. The van der Waals surface area contributed by atoms with Crippen molar-refractivity contribution in [3.63, 3.8) is 0 Å². The molecule has 41 heavy (non-hydrogen) atoms. The number of aromatic nitrogens is 2. The second kappa shape index (κ2) is 15.0. The van der Waals surface area contributed by atoms with Crippen LogP contribution in [0.25, 0.3) is 16.9 Å². The predicted octanol–water partition coefficient (Wildman–Crippen LogP) is 6.12. The number of rotatable bonds is 14. The van der Waals surface area contributed by atoms with Crippen LogP contribution in [0.4, 0.5) is 0 Å². The number of halogens is 2. The normalized spacial score (nSPS) is 11.7. The zero-order chi connectivity index (χ0) is 29.2. The van der Waals surface area contributed by atoms with Crippen molar-refractivity contribution in [3.8, 4) is 22.8 Å². The van der Waals surface area contributed by atoms with E-state index in [0.29, 0.717) is 34.5 Å². The minimum Gasteiger partial charge on any atom is -0.477 e. The number of benzene rings is 3. The molecular formula is C31H32Cl2N4O3S. The van der Waals surface area contributed by atoms with E-state index in [4.69, 9.17) is 38.8 Å². The summed E-state index contributed by atoms with van der Waals surface area (Å²) in [5.74, 6) is 0.632. The zero-order valence-electron chi connectivity index (χ0n) is 22.7. The summed E-state index contributed by atoms with van der Waals surface area (Å²) in [6, 6.07) is 23.9. The molecule has 1 heterocycles. The maximum atomic E-state index is 12.7. The molecule has 214 valence electrons. The first-order valence-electron chi connectivity index (χ1n) is 13.2. The van der Waals surface area contributed by atoms with Gasteiger partial charge in [-0.1, -0.05) is 83.9 Å². The molecule has 0 aliphatic rings. The van der Waals surface area contributed by atoms with Gasteiger partial charge in [0.2, 0.25) is 17.7 Å². The van der Waals surface area contributed by atoms with Gasteiger partial charge in [0, 0.05) is 24.0 Å². The summed E-state index contributed by atoms with van der Waals surface area (Å²) in [6.45, 7) is 0.265. The molecule has 7 nitrogen and oxygen atoms in total. The molecule has 2 amide bonds. The van der Waals surface area contributed by atoms with E-state index in [1.807, 2.05) is 66.7 Å². The fourth-order valence-electron chi connectivity index (χ4n) is 4.37. The highest BCUT2D eigenvalue weighted by Crippen LogP contribution is 2.35. The highest BCUT2D eigenvalue weighted by molar-refractivity contribution is 7.98. The summed E-state index contributed by atoms with van der Waals surface area (Å²) >= 11 is 14.3. The molecule has 4 rings (SSSR count). The van der Waals surface area contributed by atoms with Crippen molar-refractivity contribution in [1.29, 1.82) is 0 Å². The number of amides is 2. The fourth-order valence-corrected chi connectivity index (χ4v) is 5.07. The Labute approximate surface area is 254 Å². The van der Waals surface area contributed by atoms with Crippen molar-refractivity contribution >= 4 is 46.8 Å². The van der Waals surface area contributed by atoms with Crippen molar-refractivity contribution < 1.29 is 14.3 Å². The van der Waals surface area contributed by atoms with Gasteiger partial charge in [0.05, 0.1) is 28.0 Å². The number of carbonyl (C=O) groups is 2. The van der Waals surface area contributed by atoms with E-state index in [1.54, 1.807) is 28.6 Å². The van der Waals surface area contributed by atoms with Crippen LogP contribution in [0.1, 0.15) is 24.0 Å². The van der Waals surface area contributed by atoms with Crippen LogP contribution in [0.15, 0.2) is 78.9 Å². The Morgan fingerprint density at radius 2 is 1.73 bits per heavy atom. The van der Waals surface area contributed by atoms with E-state index in [0.717, 1.165) is 34.6 Å². The molecule has 0 fully saturated rings. The van der Waals surface area contributed by atoms with Crippen LogP contribution in [0.5, 0.6) is 5.88 Å². The summed E-state index contributed by atoms with van der Waals surface area (Å²) in [5, 5.41) is 8.56. The first kappa shape index (κ1) is 30.5. The lowest BCUT2D eigenvalue weighted by Crippen LogP contribution is -2.45. The molecule has 0 spiro atoms. The fraction of sp³-hybridized carbons (Fsp3) is 0.258. The molecule has 4 aromatic rings. The minimum atomic E-state index is -0.784. The molecule has 0 aliphatic heterocycles. The summed E-state index contributed by atoms with van der Waals surface area (Å²) in [5.41, 5.74) is 9.95. The first-order chi connectivity index (χ1) is 19.9. The van der Waals surface area contributed by atoms with Gasteiger partial charge >= 0.3 is 0 Å². The van der Waals surface area contributed by atoms with E-state index in [2.05, 4.69) is 11.6 Å². The van der Waals surface area contributed by atoms with E-state index in [-0.39, 0.29) is 18.9 Å². The average Bonchev–Trinajstić information content (AvgIpc) is 3.34. The predicted molar refractivity (Wildman–Crippen MR) is 167 cm³/mol. The van der Waals surface area contributed by atoms with Crippen molar-refractivity contribution in [3.05, 3.63) is 100 Å². The SMILES string of the molecule is CSCCc1c(-c2ccccc2)nn(-c2ccc(Cl)c(Cl)c2)c1OCCCC(=O)N[C@@H](Cc1ccccc1)C(N)=O. The number of nitrogens with two attached hydrogens (primary N) is 1. The first-order valence-corrected chi connectivity index (χ1v) is 15.4. The molecule has 0 unspecified atom stereocenters. The number of carbonyl (C=O) groups excluding carboxylic acids is 2. The Kier molecular flexibility index (Phi) is 11.1. The number of ether oxygens (including phenoxy) is 1. The number of hydrogen-bond donors (Lipinski definition) is 2. The molecule has 0 bridgehead atoms. The topological polar surface area (TPSA) is 99.2 Å². The van der Waals surface area contributed by atoms with Crippen molar-refractivity contribution in [2.75, 3.05) is 18.6 Å². The minimum absolute atomic E-state index is 0.172. The lowest BCUT2D eigenvalue weighted by molar-refractivity contribution is -0.127. The zero-order valence-corrected chi connectivity index (χ0v) is 25.0. The van der Waals surface area contributed by atoms with E-state index >= 15 is 0 Å². The molecule has 1 atom stereocenters. The third kappa shape index (κ3) is 8.28. The second-order valence-electron chi connectivity index (χ2n) is 9.42. The number of nitrogens with one attached hydrogen (secondary N) is 1. The maximum absolute atomic E-state index is 12.7. The number of nitrogens with zero attached hydrogens (tertiary/aromatic N) is 2. The van der Waals surface area contributed by atoms with Gasteiger partial charge in [-0.2, -0.15) is 16.9 Å². The third-order valence-corrected chi connectivity index (χ3v) is 7.79. The van der Waals surface area contributed by atoms with Gasteiger partial charge in [-0.3, -0.25) is 9.59 Å². The Morgan fingerprint density at radius 3 is 2.39 bits per heavy atom. The number of primary amides is 1. The summed E-state index contributed by atoms with van der Waals surface area (Å²) in [7, 11) is 0. The van der Waals surface area contributed by atoms with Gasteiger partial charge in [0.1, 0.15) is 6.04 Å². The molecule has 1 aromatic heterocycles.